The first-order chi connectivity index (χ1) is 9.28. The van der Waals surface area contributed by atoms with Crippen LogP contribution < -0.4 is 15.0 Å². The fraction of sp³-hybridized carbons (Fsp3) is 0.133. The van der Waals surface area contributed by atoms with Crippen molar-refractivity contribution >= 4 is 17.4 Å². The molecule has 0 saturated carbocycles. The molecule has 0 aliphatic carbocycles. The van der Waals surface area contributed by atoms with Gasteiger partial charge in [-0.05, 0) is 35.9 Å². The number of benzene rings is 2. The third-order valence-corrected chi connectivity index (χ3v) is 3.22. The SMILES string of the molecule is COc1ccc(N2Cc3ccccc3NC2=O)cc1. The van der Waals surface area contributed by atoms with Gasteiger partial charge in [0.25, 0.3) is 0 Å². The highest BCUT2D eigenvalue weighted by molar-refractivity contribution is 6.04. The predicted octanol–water partition coefficient (Wildman–Crippen LogP) is 3.25. The number of para-hydroxylation sites is 1. The van der Waals surface area contributed by atoms with Crippen LogP contribution in [0.2, 0.25) is 0 Å². The van der Waals surface area contributed by atoms with Gasteiger partial charge in [0, 0.05) is 11.4 Å². The summed E-state index contributed by atoms with van der Waals surface area (Å²) in [4.78, 5) is 13.8. The van der Waals surface area contributed by atoms with Crippen LogP contribution in [0, 0.1) is 0 Å². The normalized spacial score (nSPS) is 13.7. The molecule has 0 unspecified atom stereocenters. The Balaban J connectivity index is 1.91. The molecule has 0 saturated heterocycles. The van der Waals surface area contributed by atoms with Crippen molar-refractivity contribution in [2.75, 3.05) is 17.3 Å². The smallest absolute Gasteiger partial charge is 0.326 e. The van der Waals surface area contributed by atoms with Crippen LogP contribution in [0.3, 0.4) is 0 Å². The molecule has 0 bridgehead atoms. The number of anilines is 2. The lowest BCUT2D eigenvalue weighted by atomic mass is 10.1. The number of nitrogens with one attached hydrogen (secondary N) is 1. The molecule has 2 amide bonds. The van der Waals surface area contributed by atoms with E-state index in [0.717, 1.165) is 22.7 Å². The third-order valence-electron chi connectivity index (χ3n) is 3.22. The van der Waals surface area contributed by atoms with Crippen LogP contribution >= 0.6 is 0 Å². The molecule has 0 atom stereocenters. The fourth-order valence-electron chi connectivity index (χ4n) is 2.18. The van der Waals surface area contributed by atoms with Crippen LogP contribution in [0.1, 0.15) is 5.56 Å². The van der Waals surface area contributed by atoms with Gasteiger partial charge in [0.1, 0.15) is 5.75 Å². The second-order valence-corrected chi connectivity index (χ2v) is 4.37. The van der Waals surface area contributed by atoms with E-state index < -0.39 is 0 Å². The van der Waals surface area contributed by atoms with Gasteiger partial charge < -0.3 is 10.1 Å². The lowest BCUT2D eigenvalue weighted by Gasteiger charge is -2.29. The Hall–Kier alpha value is -2.49. The van der Waals surface area contributed by atoms with Gasteiger partial charge in [-0.1, -0.05) is 18.2 Å². The molecule has 0 fully saturated rings. The molecule has 4 nitrogen and oxygen atoms in total. The Morgan fingerprint density at radius 2 is 1.84 bits per heavy atom. The first kappa shape index (κ1) is 11.6. The summed E-state index contributed by atoms with van der Waals surface area (Å²) in [5.74, 6) is 0.779. The van der Waals surface area contributed by atoms with E-state index in [0.29, 0.717) is 6.54 Å². The zero-order valence-corrected chi connectivity index (χ0v) is 10.6. The van der Waals surface area contributed by atoms with Gasteiger partial charge in [0.2, 0.25) is 0 Å². The number of rotatable bonds is 2. The quantitative estimate of drug-likeness (QED) is 0.893. The van der Waals surface area contributed by atoms with Crippen molar-refractivity contribution in [1.82, 2.24) is 0 Å². The van der Waals surface area contributed by atoms with Gasteiger partial charge in [0.05, 0.1) is 13.7 Å². The maximum Gasteiger partial charge on any atom is 0.326 e. The van der Waals surface area contributed by atoms with Crippen molar-refractivity contribution in [3.8, 4) is 5.75 Å². The highest BCUT2D eigenvalue weighted by atomic mass is 16.5. The van der Waals surface area contributed by atoms with Gasteiger partial charge in [-0.25, -0.2) is 4.79 Å². The molecule has 2 aromatic carbocycles. The number of amides is 2. The highest BCUT2D eigenvalue weighted by Gasteiger charge is 2.23. The molecule has 0 radical (unpaired) electrons. The van der Waals surface area contributed by atoms with Crippen LogP contribution in [0.25, 0.3) is 0 Å². The Bertz CT molecular complexity index is 608. The average molecular weight is 254 g/mol. The van der Waals surface area contributed by atoms with E-state index in [1.165, 1.54) is 0 Å². The van der Waals surface area contributed by atoms with Crippen LogP contribution in [-0.2, 0) is 6.54 Å². The maximum absolute atomic E-state index is 12.1. The van der Waals surface area contributed by atoms with E-state index in [-0.39, 0.29) is 6.03 Å². The molecule has 1 aliphatic heterocycles. The number of hydrogen-bond acceptors (Lipinski definition) is 2. The first-order valence-electron chi connectivity index (χ1n) is 6.08. The molecule has 2 aromatic rings. The number of ether oxygens (including phenoxy) is 1. The number of hydrogen-bond donors (Lipinski definition) is 1. The molecule has 0 aromatic heterocycles. The lowest BCUT2D eigenvalue weighted by Crippen LogP contribution is -2.38. The predicted molar refractivity (Wildman–Crippen MR) is 74.6 cm³/mol. The number of fused-ring (bicyclic) bond motifs is 1. The molecule has 0 spiro atoms. The van der Waals surface area contributed by atoms with Crippen molar-refractivity contribution in [3.05, 3.63) is 54.1 Å². The summed E-state index contributed by atoms with van der Waals surface area (Å²) in [7, 11) is 1.62. The lowest BCUT2D eigenvalue weighted by molar-refractivity contribution is 0.256. The number of carbonyl (C=O) groups is 1. The van der Waals surface area contributed by atoms with Gasteiger partial charge >= 0.3 is 6.03 Å². The summed E-state index contributed by atoms with van der Waals surface area (Å²) in [6.07, 6.45) is 0. The van der Waals surface area contributed by atoms with Gasteiger partial charge in [0.15, 0.2) is 0 Å². The van der Waals surface area contributed by atoms with Gasteiger partial charge in [-0.3, -0.25) is 4.90 Å². The number of nitrogens with zero attached hydrogens (tertiary/aromatic N) is 1. The Morgan fingerprint density at radius 1 is 1.11 bits per heavy atom. The second-order valence-electron chi connectivity index (χ2n) is 4.37. The standard InChI is InChI=1S/C15H14N2O2/c1-19-13-8-6-12(7-9-13)17-10-11-4-2-3-5-14(11)16-15(17)18/h2-9H,10H2,1H3,(H,16,18). The van der Waals surface area contributed by atoms with Crippen molar-refractivity contribution in [2.45, 2.75) is 6.54 Å². The summed E-state index contributed by atoms with van der Waals surface area (Å²) in [6, 6.07) is 15.2. The van der Waals surface area contributed by atoms with Crippen molar-refractivity contribution in [1.29, 1.82) is 0 Å². The molecule has 1 heterocycles. The number of carbonyl (C=O) groups excluding carboxylic acids is 1. The van der Waals surface area contributed by atoms with E-state index in [2.05, 4.69) is 5.32 Å². The molecular weight excluding hydrogens is 240 g/mol. The zero-order valence-electron chi connectivity index (χ0n) is 10.6. The molecule has 1 aliphatic rings. The summed E-state index contributed by atoms with van der Waals surface area (Å²) in [5.41, 5.74) is 2.85. The van der Waals surface area contributed by atoms with Crippen molar-refractivity contribution in [2.24, 2.45) is 0 Å². The van der Waals surface area contributed by atoms with Crippen LogP contribution in [0.15, 0.2) is 48.5 Å². The molecule has 4 heteroatoms. The summed E-state index contributed by atoms with van der Waals surface area (Å²) < 4.78 is 5.12. The Morgan fingerprint density at radius 3 is 2.58 bits per heavy atom. The van der Waals surface area contributed by atoms with Crippen LogP contribution in [0.5, 0.6) is 5.75 Å². The first-order valence-corrected chi connectivity index (χ1v) is 6.08. The summed E-state index contributed by atoms with van der Waals surface area (Å²) in [5, 5.41) is 2.89. The van der Waals surface area contributed by atoms with Crippen LogP contribution in [0.4, 0.5) is 16.2 Å². The van der Waals surface area contributed by atoms with E-state index in [4.69, 9.17) is 4.74 Å². The topological polar surface area (TPSA) is 41.6 Å². The summed E-state index contributed by atoms with van der Waals surface area (Å²) in [6.45, 7) is 0.578. The molecule has 3 rings (SSSR count). The average Bonchev–Trinajstić information content (AvgIpc) is 2.47. The maximum atomic E-state index is 12.1. The Kier molecular flexibility index (Phi) is 2.83. The second kappa shape index (κ2) is 4.65. The third kappa shape index (κ3) is 2.12. The Labute approximate surface area is 111 Å². The van der Waals surface area contributed by atoms with Crippen LogP contribution in [-0.4, -0.2) is 13.1 Å². The monoisotopic (exact) mass is 254 g/mol. The van der Waals surface area contributed by atoms with Gasteiger partial charge in [-0.2, -0.15) is 0 Å². The molecular formula is C15H14N2O2. The zero-order chi connectivity index (χ0) is 13.2. The number of methoxy groups -OCH3 is 1. The number of urea groups is 1. The van der Waals surface area contributed by atoms with Crippen molar-refractivity contribution < 1.29 is 9.53 Å². The minimum absolute atomic E-state index is 0.108. The molecule has 1 N–H and O–H groups in total. The molecule has 19 heavy (non-hydrogen) atoms. The van der Waals surface area contributed by atoms with E-state index in [1.54, 1.807) is 12.0 Å². The largest absolute Gasteiger partial charge is 0.497 e. The molecule has 96 valence electrons. The fourth-order valence-corrected chi connectivity index (χ4v) is 2.18. The minimum Gasteiger partial charge on any atom is -0.497 e. The highest BCUT2D eigenvalue weighted by Crippen LogP contribution is 2.28. The van der Waals surface area contributed by atoms with E-state index in [9.17, 15) is 4.79 Å². The van der Waals surface area contributed by atoms with E-state index in [1.807, 2.05) is 48.5 Å². The van der Waals surface area contributed by atoms with E-state index >= 15 is 0 Å². The van der Waals surface area contributed by atoms with Crippen molar-refractivity contribution in [3.63, 3.8) is 0 Å². The van der Waals surface area contributed by atoms with Gasteiger partial charge in [-0.15, -0.1) is 0 Å². The minimum atomic E-state index is -0.108. The summed E-state index contributed by atoms with van der Waals surface area (Å²) >= 11 is 0.